The number of nitrogens with one attached hydrogen (secondary N) is 2. The monoisotopic (exact) mass is 364 g/mol. The van der Waals surface area contributed by atoms with Crippen LogP contribution in [0.3, 0.4) is 0 Å². The molecule has 0 aliphatic carbocycles. The molecule has 0 bridgehead atoms. The van der Waals surface area contributed by atoms with Crippen molar-refractivity contribution in [2.75, 3.05) is 39.1 Å². The predicted molar refractivity (Wildman–Crippen MR) is 96.6 cm³/mol. The van der Waals surface area contributed by atoms with Crippen LogP contribution in [-0.2, 0) is 11.3 Å². The van der Waals surface area contributed by atoms with E-state index in [1.54, 1.807) is 13.3 Å². The number of carbonyl (C=O) groups is 1. The fourth-order valence-electron chi connectivity index (χ4n) is 3.20. The van der Waals surface area contributed by atoms with Gasteiger partial charge in [0.05, 0.1) is 24.1 Å². The third kappa shape index (κ3) is 4.56. The van der Waals surface area contributed by atoms with Crippen molar-refractivity contribution < 1.29 is 9.53 Å². The van der Waals surface area contributed by atoms with Crippen LogP contribution < -0.4 is 11.1 Å². The summed E-state index contributed by atoms with van der Waals surface area (Å²) in [6.45, 7) is 3.75. The van der Waals surface area contributed by atoms with Crippen molar-refractivity contribution in [1.82, 2.24) is 25.4 Å². The van der Waals surface area contributed by atoms with Crippen molar-refractivity contribution in [1.29, 1.82) is 0 Å². The zero-order valence-electron chi connectivity index (χ0n) is 14.3. The smallest absolute Gasteiger partial charge is 0.254 e. The second kappa shape index (κ2) is 8.41. The number of H-pyrrole nitrogens is 1. The molecule has 8 nitrogen and oxygen atoms in total. The van der Waals surface area contributed by atoms with E-state index in [4.69, 9.17) is 10.5 Å². The number of nitrogens with zero attached hydrogens (tertiary/aromatic N) is 3. The lowest BCUT2D eigenvalue weighted by Gasteiger charge is -2.32. The molecule has 0 spiro atoms. The molecule has 1 saturated heterocycles. The van der Waals surface area contributed by atoms with Gasteiger partial charge in [0.2, 0.25) is 0 Å². The fourth-order valence-corrected chi connectivity index (χ4v) is 3.93. The zero-order valence-corrected chi connectivity index (χ0v) is 15.1. The van der Waals surface area contributed by atoms with Gasteiger partial charge >= 0.3 is 0 Å². The second-order valence-electron chi connectivity index (χ2n) is 6.19. The Bertz CT molecular complexity index is 700. The van der Waals surface area contributed by atoms with Crippen LogP contribution in [0.5, 0.6) is 0 Å². The van der Waals surface area contributed by atoms with Gasteiger partial charge in [-0.1, -0.05) is 0 Å². The third-order valence-corrected chi connectivity index (χ3v) is 5.18. The number of thiazole rings is 1. The summed E-state index contributed by atoms with van der Waals surface area (Å²) in [7, 11) is 1.61. The number of piperidine rings is 1. The molecule has 136 valence electrons. The second-order valence-corrected chi connectivity index (χ2v) is 7.33. The highest BCUT2D eigenvalue weighted by Crippen LogP contribution is 2.29. The van der Waals surface area contributed by atoms with E-state index in [9.17, 15) is 4.79 Å². The van der Waals surface area contributed by atoms with E-state index in [1.807, 2.05) is 6.20 Å². The topological polar surface area (TPSA) is 109 Å². The maximum atomic E-state index is 12.4. The van der Waals surface area contributed by atoms with Crippen LogP contribution in [-0.4, -0.2) is 59.3 Å². The minimum atomic E-state index is -0.104. The normalized spacial score (nSPS) is 18.4. The van der Waals surface area contributed by atoms with Gasteiger partial charge in [-0.25, -0.2) is 4.98 Å². The Hall–Kier alpha value is -1.97. The molecule has 3 heterocycles. The standard InChI is InChI=1S/C16H24N6O2S/c1-24-6-4-18-15(23)13-8-20-21-14(13)11-3-2-5-22(9-11)10-12-7-19-16(17)25-12/h7-8,11H,2-6,9-10H2,1H3,(H2,17,19)(H,18,23)(H,20,21). The highest BCUT2D eigenvalue weighted by Gasteiger charge is 2.27. The van der Waals surface area contributed by atoms with Crippen LogP contribution in [0.25, 0.3) is 0 Å². The number of hydrogen-bond donors (Lipinski definition) is 3. The van der Waals surface area contributed by atoms with Crippen LogP contribution in [0.4, 0.5) is 5.13 Å². The highest BCUT2D eigenvalue weighted by molar-refractivity contribution is 7.15. The molecule has 0 aromatic carbocycles. The molecule has 9 heteroatoms. The molecule has 1 amide bonds. The van der Waals surface area contributed by atoms with E-state index in [2.05, 4.69) is 25.4 Å². The number of likely N-dealkylation sites (tertiary alicyclic amines) is 1. The van der Waals surface area contributed by atoms with E-state index in [1.165, 1.54) is 16.2 Å². The van der Waals surface area contributed by atoms with Crippen LogP contribution >= 0.6 is 11.3 Å². The van der Waals surface area contributed by atoms with Gasteiger partial charge in [-0.05, 0) is 19.4 Å². The van der Waals surface area contributed by atoms with E-state index in [0.29, 0.717) is 23.8 Å². The molecule has 1 atom stereocenters. The first-order chi connectivity index (χ1) is 12.2. The highest BCUT2D eigenvalue weighted by atomic mass is 32.1. The summed E-state index contributed by atoms with van der Waals surface area (Å²) in [6.07, 6.45) is 5.58. The number of carbonyl (C=O) groups excluding carboxylic acids is 1. The summed E-state index contributed by atoms with van der Waals surface area (Å²) >= 11 is 1.53. The van der Waals surface area contributed by atoms with Crippen LogP contribution in [0.1, 0.15) is 39.7 Å². The Kier molecular flexibility index (Phi) is 6.00. The molecule has 3 rings (SSSR count). The molecule has 0 radical (unpaired) electrons. The Morgan fingerprint density at radius 1 is 1.56 bits per heavy atom. The summed E-state index contributed by atoms with van der Waals surface area (Å²) in [5.41, 5.74) is 7.26. The number of rotatable bonds is 7. The molecule has 1 fully saturated rings. The van der Waals surface area contributed by atoms with Gasteiger partial charge in [0.15, 0.2) is 5.13 Å². The lowest BCUT2D eigenvalue weighted by atomic mass is 9.92. The Labute approximate surface area is 150 Å². The molecular weight excluding hydrogens is 340 g/mol. The van der Waals surface area contributed by atoms with E-state index < -0.39 is 0 Å². The first-order valence-electron chi connectivity index (χ1n) is 8.40. The number of nitrogen functional groups attached to an aromatic ring is 1. The van der Waals surface area contributed by atoms with Gasteiger partial charge in [-0.15, -0.1) is 11.3 Å². The third-order valence-electron chi connectivity index (χ3n) is 4.37. The number of aromatic amines is 1. The van der Waals surface area contributed by atoms with Gasteiger partial charge in [-0.2, -0.15) is 5.10 Å². The van der Waals surface area contributed by atoms with Gasteiger partial charge in [0.25, 0.3) is 5.91 Å². The zero-order chi connectivity index (χ0) is 17.6. The van der Waals surface area contributed by atoms with Crippen molar-refractivity contribution in [3.63, 3.8) is 0 Å². The first-order valence-corrected chi connectivity index (χ1v) is 9.22. The maximum Gasteiger partial charge on any atom is 0.254 e. The lowest BCUT2D eigenvalue weighted by molar-refractivity contribution is 0.0934. The Morgan fingerprint density at radius 3 is 3.20 bits per heavy atom. The molecule has 1 aliphatic rings. The van der Waals surface area contributed by atoms with Gasteiger partial charge in [-0.3, -0.25) is 14.8 Å². The molecule has 1 unspecified atom stereocenters. The number of amides is 1. The number of anilines is 1. The minimum absolute atomic E-state index is 0.104. The quantitative estimate of drug-likeness (QED) is 0.637. The molecule has 25 heavy (non-hydrogen) atoms. The number of methoxy groups -OCH3 is 1. The van der Waals surface area contributed by atoms with Crippen LogP contribution in [0, 0.1) is 0 Å². The van der Waals surface area contributed by atoms with Crippen LogP contribution in [0.2, 0.25) is 0 Å². The van der Waals surface area contributed by atoms with Gasteiger partial charge in [0.1, 0.15) is 0 Å². The largest absolute Gasteiger partial charge is 0.383 e. The Balaban J connectivity index is 1.63. The summed E-state index contributed by atoms with van der Waals surface area (Å²) in [5, 5.41) is 10.6. The number of nitrogens with two attached hydrogens (primary N) is 1. The molecule has 2 aromatic heterocycles. The van der Waals surface area contributed by atoms with E-state index in [0.717, 1.165) is 38.2 Å². The number of hydrogen-bond acceptors (Lipinski definition) is 7. The number of ether oxygens (including phenoxy) is 1. The van der Waals surface area contributed by atoms with Crippen molar-refractivity contribution in [2.24, 2.45) is 0 Å². The minimum Gasteiger partial charge on any atom is -0.383 e. The SMILES string of the molecule is COCCNC(=O)c1cn[nH]c1C1CCCN(Cc2cnc(N)s2)C1. The van der Waals surface area contributed by atoms with Crippen LogP contribution in [0.15, 0.2) is 12.4 Å². The first kappa shape index (κ1) is 17.8. The summed E-state index contributed by atoms with van der Waals surface area (Å²) in [5.74, 6) is 0.165. The van der Waals surface area contributed by atoms with Crippen molar-refractivity contribution >= 4 is 22.4 Å². The van der Waals surface area contributed by atoms with Crippen molar-refractivity contribution in [3.8, 4) is 0 Å². The van der Waals surface area contributed by atoms with Crippen molar-refractivity contribution in [2.45, 2.75) is 25.3 Å². The Morgan fingerprint density at radius 2 is 2.44 bits per heavy atom. The fraction of sp³-hybridized carbons (Fsp3) is 0.562. The van der Waals surface area contributed by atoms with Crippen molar-refractivity contribution in [3.05, 3.63) is 28.5 Å². The predicted octanol–water partition coefficient (Wildman–Crippen LogP) is 1.20. The summed E-state index contributed by atoms with van der Waals surface area (Å²) in [4.78, 5) is 20.0. The van der Waals surface area contributed by atoms with Gasteiger partial charge in [0, 0.05) is 43.7 Å². The average molecular weight is 364 g/mol. The molecular formula is C16H24N6O2S. The number of aromatic nitrogens is 3. The molecule has 2 aromatic rings. The lowest BCUT2D eigenvalue weighted by Crippen LogP contribution is -2.35. The molecule has 0 saturated carbocycles. The average Bonchev–Trinajstić information content (AvgIpc) is 3.24. The van der Waals surface area contributed by atoms with E-state index >= 15 is 0 Å². The molecule has 4 N–H and O–H groups in total. The maximum absolute atomic E-state index is 12.4. The summed E-state index contributed by atoms with van der Waals surface area (Å²) in [6, 6.07) is 0. The van der Waals surface area contributed by atoms with Gasteiger partial charge < -0.3 is 15.8 Å². The molecule has 1 aliphatic heterocycles. The summed E-state index contributed by atoms with van der Waals surface area (Å²) < 4.78 is 4.97. The van der Waals surface area contributed by atoms with E-state index in [-0.39, 0.29) is 11.8 Å².